The van der Waals surface area contributed by atoms with Crippen molar-refractivity contribution in [3.63, 3.8) is 0 Å². The lowest BCUT2D eigenvalue weighted by Gasteiger charge is -2.23. The minimum atomic E-state index is -0.418. The molecule has 0 unspecified atom stereocenters. The minimum Gasteiger partial charge on any atom is -0.322 e. The van der Waals surface area contributed by atoms with Gasteiger partial charge in [0, 0.05) is 23.4 Å². The largest absolute Gasteiger partial charge is 0.322 e. The molecule has 4 nitrogen and oxygen atoms in total. The number of rotatable bonds is 3. The van der Waals surface area contributed by atoms with Gasteiger partial charge in [-0.25, -0.2) is 4.39 Å². The van der Waals surface area contributed by atoms with Crippen LogP contribution in [-0.2, 0) is 6.42 Å². The molecule has 176 valence electrons. The van der Waals surface area contributed by atoms with E-state index < -0.39 is 5.82 Å². The molecule has 2 heterocycles. The fraction of sp³-hybridized carbons (Fsp3) is 0.172. The number of hydrogen-bond acceptors (Lipinski definition) is 3. The van der Waals surface area contributed by atoms with Crippen LogP contribution in [0.25, 0.3) is 10.4 Å². The van der Waals surface area contributed by atoms with Gasteiger partial charge in [-0.1, -0.05) is 30.3 Å². The van der Waals surface area contributed by atoms with Crippen LogP contribution in [0.15, 0.2) is 66.0 Å². The van der Waals surface area contributed by atoms with Gasteiger partial charge in [0.25, 0.3) is 11.8 Å². The topological polar surface area (TPSA) is 49.4 Å². The van der Waals surface area contributed by atoms with Gasteiger partial charge in [-0.05, 0) is 90.7 Å². The Morgan fingerprint density at radius 3 is 2.57 bits per heavy atom. The third kappa shape index (κ3) is 4.15. The molecule has 1 aliphatic rings. The number of aryl methyl sites for hydroxylation is 2. The number of amides is 2. The van der Waals surface area contributed by atoms with Crippen LogP contribution < -0.4 is 10.2 Å². The molecule has 3 aromatic carbocycles. The van der Waals surface area contributed by atoms with Crippen molar-refractivity contribution in [2.45, 2.75) is 27.2 Å². The third-order valence-electron chi connectivity index (χ3n) is 6.61. The van der Waals surface area contributed by atoms with Crippen molar-refractivity contribution in [1.29, 1.82) is 0 Å². The van der Waals surface area contributed by atoms with Crippen LogP contribution in [0.5, 0.6) is 0 Å². The average Bonchev–Trinajstić information content (AvgIpc) is 3.26. The number of benzene rings is 3. The van der Waals surface area contributed by atoms with Crippen LogP contribution >= 0.6 is 11.3 Å². The summed E-state index contributed by atoms with van der Waals surface area (Å²) in [4.78, 5) is 29.6. The second kappa shape index (κ2) is 9.12. The fourth-order valence-electron chi connectivity index (χ4n) is 4.61. The molecule has 4 aromatic rings. The molecule has 0 bridgehead atoms. The van der Waals surface area contributed by atoms with E-state index in [0.29, 0.717) is 23.4 Å². The van der Waals surface area contributed by atoms with Gasteiger partial charge >= 0.3 is 0 Å². The van der Waals surface area contributed by atoms with E-state index in [1.807, 2.05) is 54.5 Å². The highest BCUT2D eigenvalue weighted by molar-refractivity contribution is 7.14. The molecule has 0 fully saturated rings. The number of carbonyl (C=O) groups is 2. The van der Waals surface area contributed by atoms with Crippen LogP contribution in [0.3, 0.4) is 0 Å². The summed E-state index contributed by atoms with van der Waals surface area (Å²) in [5, 5.41) is 4.91. The molecule has 1 aliphatic heterocycles. The lowest BCUT2D eigenvalue weighted by molar-refractivity contribution is 0.0985. The number of nitrogens with zero attached hydrogens (tertiary/aromatic N) is 1. The van der Waals surface area contributed by atoms with Crippen molar-refractivity contribution >= 4 is 34.5 Å². The Kier molecular flexibility index (Phi) is 5.99. The zero-order valence-corrected chi connectivity index (χ0v) is 20.6. The van der Waals surface area contributed by atoms with Crippen LogP contribution in [0.4, 0.5) is 15.8 Å². The van der Waals surface area contributed by atoms with Crippen molar-refractivity contribution in [3.8, 4) is 10.4 Å². The molecule has 0 radical (unpaired) electrons. The van der Waals surface area contributed by atoms with E-state index in [-0.39, 0.29) is 17.4 Å². The molecule has 2 amide bonds. The normalized spacial score (nSPS) is 12.5. The highest BCUT2D eigenvalue weighted by Gasteiger charge is 2.27. The number of carbonyl (C=O) groups excluding carboxylic acids is 2. The van der Waals surface area contributed by atoms with Crippen molar-refractivity contribution in [3.05, 3.63) is 105 Å². The number of thiophene rings is 1. The summed E-state index contributed by atoms with van der Waals surface area (Å²) < 4.78 is 13.9. The van der Waals surface area contributed by atoms with Crippen LogP contribution in [-0.4, -0.2) is 18.4 Å². The number of nitrogens with one attached hydrogen (secondary N) is 1. The van der Waals surface area contributed by atoms with E-state index in [9.17, 15) is 14.0 Å². The molecular weight excluding hydrogens is 459 g/mol. The Morgan fingerprint density at radius 1 is 0.943 bits per heavy atom. The smallest absolute Gasteiger partial charge is 0.258 e. The molecule has 0 saturated carbocycles. The van der Waals surface area contributed by atoms with E-state index in [4.69, 9.17) is 0 Å². The van der Waals surface area contributed by atoms with Gasteiger partial charge in [0.15, 0.2) is 0 Å². The molecule has 1 aromatic heterocycles. The highest BCUT2D eigenvalue weighted by Crippen LogP contribution is 2.41. The monoisotopic (exact) mass is 484 g/mol. The first-order valence-corrected chi connectivity index (χ1v) is 12.4. The van der Waals surface area contributed by atoms with E-state index in [0.717, 1.165) is 28.1 Å². The SMILES string of the molecule is Cc1cc(C(=O)N2CCc3ccccc3-c3sccc32)c(C)cc1NC(=O)c1cccc(F)c1C. The second-order valence-corrected chi connectivity index (χ2v) is 9.76. The number of anilines is 2. The molecule has 6 heteroatoms. The van der Waals surface area contributed by atoms with Crippen molar-refractivity contribution in [1.82, 2.24) is 0 Å². The predicted molar refractivity (Wildman–Crippen MR) is 140 cm³/mol. The zero-order chi connectivity index (χ0) is 24.7. The van der Waals surface area contributed by atoms with E-state index in [1.54, 1.807) is 24.3 Å². The summed E-state index contributed by atoms with van der Waals surface area (Å²) in [5.41, 5.74) is 6.70. The number of fused-ring (bicyclic) bond motifs is 3. The van der Waals surface area contributed by atoms with E-state index in [2.05, 4.69) is 17.4 Å². The Bertz CT molecular complexity index is 1470. The van der Waals surface area contributed by atoms with Gasteiger partial charge in [0.2, 0.25) is 0 Å². The lowest BCUT2D eigenvalue weighted by atomic mass is 10.0. The van der Waals surface area contributed by atoms with Crippen LogP contribution in [0, 0.1) is 26.6 Å². The zero-order valence-electron chi connectivity index (χ0n) is 19.8. The molecular formula is C29H25FN2O2S. The van der Waals surface area contributed by atoms with Gasteiger partial charge in [-0.2, -0.15) is 0 Å². The maximum atomic E-state index is 13.9. The van der Waals surface area contributed by atoms with Crippen molar-refractivity contribution in [2.24, 2.45) is 0 Å². The number of hydrogen-bond donors (Lipinski definition) is 1. The summed E-state index contributed by atoms with van der Waals surface area (Å²) in [6.45, 7) is 5.91. The maximum Gasteiger partial charge on any atom is 0.258 e. The Labute approximate surface area is 208 Å². The second-order valence-electron chi connectivity index (χ2n) is 8.85. The quantitative estimate of drug-likeness (QED) is 0.343. The summed E-state index contributed by atoms with van der Waals surface area (Å²) in [7, 11) is 0. The molecule has 0 aliphatic carbocycles. The first kappa shape index (κ1) is 23.0. The van der Waals surface area contributed by atoms with Gasteiger partial charge in [0.1, 0.15) is 5.82 Å². The maximum absolute atomic E-state index is 13.9. The Morgan fingerprint density at radius 2 is 1.74 bits per heavy atom. The molecule has 0 atom stereocenters. The standard InChI is InChI=1S/C29H25FN2O2S/c1-17-16-25(31-28(33)21-9-6-10-24(30)19(21)3)18(2)15-23(17)29(34)32-13-11-20-7-4-5-8-22(20)27-26(32)12-14-35-27/h4-10,12,14-16H,11,13H2,1-3H3,(H,31,33). The Hall–Kier alpha value is -3.77. The molecule has 5 rings (SSSR count). The predicted octanol–water partition coefficient (Wildman–Crippen LogP) is 6.93. The number of halogens is 1. The fourth-order valence-corrected chi connectivity index (χ4v) is 5.57. The van der Waals surface area contributed by atoms with Gasteiger partial charge < -0.3 is 10.2 Å². The summed E-state index contributed by atoms with van der Waals surface area (Å²) in [6.07, 6.45) is 0.780. The minimum absolute atomic E-state index is 0.0584. The summed E-state index contributed by atoms with van der Waals surface area (Å²) >= 11 is 1.65. The van der Waals surface area contributed by atoms with Crippen LogP contribution in [0.2, 0.25) is 0 Å². The van der Waals surface area contributed by atoms with Crippen LogP contribution in [0.1, 0.15) is 43.0 Å². The molecule has 35 heavy (non-hydrogen) atoms. The molecule has 1 N–H and O–H groups in total. The van der Waals surface area contributed by atoms with Gasteiger partial charge in [-0.15, -0.1) is 11.3 Å². The summed E-state index contributed by atoms with van der Waals surface area (Å²) in [6, 6.07) is 18.4. The van der Waals surface area contributed by atoms with E-state index in [1.165, 1.54) is 23.3 Å². The summed E-state index contributed by atoms with van der Waals surface area (Å²) in [5.74, 6) is -0.854. The lowest BCUT2D eigenvalue weighted by Crippen LogP contribution is -2.32. The van der Waals surface area contributed by atoms with Gasteiger partial charge in [0.05, 0.1) is 10.6 Å². The molecule has 0 saturated heterocycles. The van der Waals surface area contributed by atoms with E-state index >= 15 is 0 Å². The average molecular weight is 485 g/mol. The van der Waals surface area contributed by atoms with Crippen molar-refractivity contribution in [2.75, 3.05) is 16.8 Å². The molecule has 0 spiro atoms. The third-order valence-corrected chi connectivity index (χ3v) is 7.55. The highest BCUT2D eigenvalue weighted by atomic mass is 32.1. The first-order valence-electron chi connectivity index (χ1n) is 11.5. The van der Waals surface area contributed by atoms with Gasteiger partial charge in [-0.3, -0.25) is 9.59 Å². The Balaban J connectivity index is 1.45. The first-order chi connectivity index (χ1) is 16.8. The van der Waals surface area contributed by atoms with Crippen molar-refractivity contribution < 1.29 is 14.0 Å².